The Hall–Kier alpha value is -2.15. The van der Waals surface area contributed by atoms with E-state index in [1.807, 2.05) is 0 Å². The first kappa shape index (κ1) is 34.7. The van der Waals surface area contributed by atoms with Gasteiger partial charge in [0.2, 0.25) is 5.91 Å². The molecule has 4 fully saturated rings. The fraction of sp³-hybridized carbons (Fsp3) is 0.825. The molecular formula is C40H63N3O4. The highest BCUT2D eigenvalue weighted by atomic mass is 16.4. The van der Waals surface area contributed by atoms with Gasteiger partial charge in [0.05, 0.1) is 12.4 Å². The molecule has 1 heterocycles. The summed E-state index contributed by atoms with van der Waals surface area (Å²) in [5.74, 6) is 0.620. The molecule has 1 aromatic heterocycles. The van der Waals surface area contributed by atoms with Crippen molar-refractivity contribution in [2.75, 3.05) is 0 Å². The van der Waals surface area contributed by atoms with Crippen LogP contribution in [0.2, 0.25) is 0 Å². The maximum absolute atomic E-state index is 12.9. The number of amides is 1. The maximum Gasteiger partial charge on any atom is 0.326 e. The van der Waals surface area contributed by atoms with Crippen molar-refractivity contribution in [2.24, 2.45) is 50.2 Å². The smallest absolute Gasteiger partial charge is 0.326 e. The molecule has 0 radical (unpaired) electrons. The van der Waals surface area contributed by atoms with Crippen molar-refractivity contribution in [3.8, 4) is 0 Å². The monoisotopic (exact) mass is 649 g/mol. The Kier molecular flexibility index (Phi) is 8.87. The molecular weight excluding hydrogens is 586 g/mol. The van der Waals surface area contributed by atoms with Crippen LogP contribution in [0.15, 0.2) is 24.2 Å². The number of aromatic nitrogens is 2. The van der Waals surface area contributed by atoms with Crippen LogP contribution in [-0.4, -0.2) is 44.2 Å². The largest absolute Gasteiger partial charge is 0.480 e. The van der Waals surface area contributed by atoms with Gasteiger partial charge in [-0.2, -0.15) is 0 Å². The lowest BCUT2D eigenvalue weighted by Crippen LogP contribution is -2.64. The number of hydrogen-bond donors (Lipinski definition) is 4. The van der Waals surface area contributed by atoms with Crippen LogP contribution < -0.4 is 5.32 Å². The van der Waals surface area contributed by atoms with Gasteiger partial charge in [0.25, 0.3) is 0 Å². The molecule has 0 aliphatic heterocycles. The normalized spacial score (nSPS) is 40.9. The first-order valence-electron chi connectivity index (χ1n) is 18.9. The minimum atomic E-state index is -1.02. The van der Waals surface area contributed by atoms with E-state index in [4.69, 9.17) is 0 Å². The summed E-state index contributed by atoms with van der Waals surface area (Å²) >= 11 is 0. The first-order valence-corrected chi connectivity index (χ1v) is 18.9. The number of hydrogen-bond acceptors (Lipinski definition) is 4. The molecule has 5 aliphatic rings. The second-order valence-electron chi connectivity index (χ2n) is 18.9. The summed E-state index contributed by atoms with van der Waals surface area (Å²) in [6, 6.07) is -0.951. The number of carbonyl (C=O) groups is 2. The Morgan fingerprint density at radius 2 is 1.72 bits per heavy atom. The second kappa shape index (κ2) is 12.0. The number of unbranched alkanes of at least 4 members (excludes halogenated alkanes) is 1. The number of carbonyl (C=O) groups excluding carboxylic acids is 1. The summed E-state index contributed by atoms with van der Waals surface area (Å²) in [5, 5.41) is 23.5. The van der Waals surface area contributed by atoms with E-state index in [0.29, 0.717) is 40.7 Å². The van der Waals surface area contributed by atoms with Gasteiger partial charge in [-0.3, -0.25) is 4.79 Å². The topological polar surface area (TPSA) is 115 Å². The molecule has 7 heteroatoms. The van der Waals surface area contributed by atoms with Crippen molar-refractivity contribution in [1.29, 1.82) is 0 Å². The predicted octanol–water partition coefficient (Wildman–Crippen LogP) is 8.24. The highest BCUT2D eigenvalue weighted by Gasteiger charge is 2.68. The summed E-state index contributed by atoms with van der Waals surface area (Å²) < 4.78 is 0. The summed E-state index contributed by atoms with van der Waals surface area (Å²) in [6.07, 6.45) is 21.2. The zero-order valence-corrected chi connectivity index (χ0v) is 30.4. The van der Waals surface area contributed by atoms with Gasteiger partial charge in [0.1, 0.15) is 6.04 Å². The van der Waals surface area contributed by atoms with Crippen LogP contribution in [0.4, 0.5) is 0 Å². The number of allylic oxidation sites excluding steroid dienone is 2. The Morgan fingerprint density at radius 3 is 2.43 bits per heavy atom. The average Bonchev–Trinajstić information content (AvgIpc) is 3.51. The number of nitrogens with zero attached hydrogens (tertiary/aromatic N) is 1. The van der Waals surface area contributed by atoms with E-state index in [9.17, 15) is 19.8 Å². The lowest BCUT2D eigenvalue weighted by atomic mass is 9.33. The standard InChI is InChI=1S/C40H63N3O4/c1-35(2)18-20-40(15-9-8-10-33(45)43-29(34(46)47)22-26-24-41-25-42-26)21-19-38(6)27(28(40)23-35)11-12-31-37(5)16-14-32(44)36(3,4)30(37)13-17-39(31,38)7/h11,24-25,28-32,44H,8-10,12-23H2,1-7H3,(H,41,42)(H,43,45)(H,46,47)/t28-,29-,30-,31+,32-,37-,38+,39+,40+/m0/s1. The molecule has 0 saturated heterocycles. The van der Waals surface area contributed by atoms with E-state index in [1.165, 1.54) is 57.7 Å². The summed E-state index contributed by atoms with van der Waals surface area (Å²) in [6.45, 7) is 17.5. The Labute approximate surface area is 283 Å². The SMILES string of the molecule is CC1(C)CC[C@]2(CCCCC(=O)N[C@@H](Cc3cnc[nH]3)C(=O)O)CC[C@]3(C)C(=CC[C@@H]4[C@@]5(C)CC[C@H](O)C(C)(C)[C@@H]5CC[C@]43C)[C@@H]2C1. The fourth-order valence-electron chi connectivity index (χ4n) is 12.6. The minimum absolute atomic E-state index is 0.0283. The quantitative estimate of drug-likeness (QED) is 0.159. The van der Waals surface area contributed by atoms with Gasteiger partial charge in [-0.05, 0) is 127 Å². The number of nitrogens with one attached hydrogen (secondary N) is 2. The molecule has 47 heavy (non-hydrogen) atoms. The maximum atomic E-state index is 12.9. The van der Waals surface area contributed by atoms with Crippen LogP contribution in [0.1, 0.15) is 144 Å². The first-order chi connectivity index (χ1) is 22.0. The molecule has 9 atom stereocenters. The van der Waals surface area contributed by atoms with E-state index in [2.05, 4.69) is 69.8 Å². The van der Waals surface area contributed by atoms with E-state index >= 15 is 0 Å². The third-order valence-electron chi connectivity index (χ3n) is 15.7. The van der Waals surface area contributed by atoms with Crippen molar-refractivity contribution in [3.63, 3.8) is 0 Å². The highest BCUT2D eigenvalue weighted by Crippen LogP contribution is 2.76. The highest BCUT2D eigenvalue weighted by molar-refractivity contribution is 5.83. The van der Waals surface area contributed by atoms with Crippen LogP contribution in [0.3, 0.4) is 0 Å². The number of aliphatic hydroxyl groups is 1. The van der Waals surface area contributed by atoms with Crippen LogP contribution in [0.25, 0.3) is 0 Å². The Bertz CT molecular complexity index is 1370. The van der Waals surface area contributed by atoms with Crippen molar-refractivity contribution < 1.29 is 19.8 Å². The zero-order chi connectivity index (χ0) is 34.0. The number of aliphatic carboxylic acids is 1. The number of carboxylic acid groups (broad SMARTS) is 1. The van der Waals surface area contributed by atoms with Crippen LogP contribution >= 0.6 is 0 Å². The molecule has 5 aliphatic carbocycles. The molecule has 0 aromatic carbocycles. The van der Waals surface area contributed by atoms with Gasteiger partial charge in [-0.25, -0.2) is 9.78 Å². The molecule has 6 rings (SSSR count). The van der Waals surface area contributed by atoms with Gasteiger partial charge in [0, 0.05) is 24.7 Å². The lowest BCUT2D eigenvalue weighted by Gasteiger charge is -2.71. The molecule has 0 spiro atoms. The molecule has 0 unspecified atom stereocenters. The zero-order valence-electron chi connectivity index (χ0n) is 30.4. The van der Waals surface area contributed by atoms with E-state index < -0.39 is 12.0 Å². The molecule has 4 saturated carbocycles. The summed E-state index contributed by atoms with van der Waals surface area (Å²) in [5.41, 5.74) is 3.80. The molecule has 262 valence electrons. The van der Waals surface area contributed by atoms with Crippen molar-refractivity contribution in [3.05, 3.63) is 29.9 Å². The molecule has 1 aromatic rings. The van der Waals surface area contributed by atoms with Crippen molar-refractivity contribution in [2.45, 2.75) is 157 Å². The van der Waals surface area contributed by atoms with Crippen LogP contribution in [0, 0.1) is 50.2 Å². The number of aliphatic hydroxyl groups excluding tert-OH is 1. The predicted molar refractivity (Wildman–Crippen MR) is 185 cm³/mol. The Balaban J connectivity index is 1.17. The molecule has 1 amide bonds. The number of rotatable bonds is 9. The number of fused-ring (bicyclic) bond motifs is 7. The van der Waals surface area contributed by atoms with Gasteiger partial charge in [0.15, 0.2) is 0 Å². The summed E-state index contributed by atoms with van der Waals surface area (Å²) in [7, 11) is 0. The fourth-order valence-corrected chi connectivity index (χ4v) is 12.6. The number of carboxylic acids is 1. The molecule has 7 nitrogen and oxygen atoms in total. The molecule has 4 N–H and O–H groups in total. The number of aromatic amines is 1. The molecule has 0 bridgehead atoms. The van der Waals surface area contributed by atoms with E-state index in [-0.39, 0.29) is 40.1 Å². The van der Waals surface area contributed by atoms with Gasteiger partial charge >= 0.3 is 5.97 Å². The number of H-pyrrole nitrogens is 1. The van der Waals surface area contributed by atoms with Gasteiger partial charge in [-0.1, -0.05) is 66.5 Å². The number of imidazole rings is 1. The average molecular weight is 650 g/mol. The minimum Gasteiger partial charge on any atom is -0.480 e. The van der Waals surface area contributed by atoms with Gasteiger partial charge < -0.3 is 20.5 Å². The van der Waals surface area contributed by atoms with Gasteiger partial charge in [-0.15, -0.1) is 0 Å². The van der Waals surface area contributed by atoms with E-state index in [0.717, 1.165) is 32.1 Å². The van der Waals surface area contributed by atoms with Crippen LogP contribution in [-0.2, 0) is 16.0 Å². The Morgan fingerprint density at radius 1 is 0.979 bits per heavy atom. The third-order valence-corrected chi connectivity index (χ3v) is 15.7. The van der Waals surface area contributed by atoms with Crippen molar-refractivity contribution >= 4 is 11.9 Å². The van der Waals surface area contributed by atoms with E-state index in [1.54, 1.807) is 11.8 Å². The van der Waals surface area contributed by atoms with Crippen LogP contribution in [0.5, 0.6) is 0 Å². The summed E-state index contributed by atoms with van der Waals surface area (Å²) in [4.78, 5) is 31.6. The second-order valence-corrected chi connectivity index (χ2v) is 18.9. The third kappa shape index (κ3) is 5.72. The van der Waals surface area contributed by atoms with Crippen molar-refractivity contribution in [1.82, 2.24) is 15.3 Å². The lowest BCUT2D eigenvalue weighted by molar-refractivity contribution is -0.203.